The number of carbonyl (C=O) groups excluding carboxylic acids is 1. The molecule has 1 aromatic carbocycles. The molecule has 0 radical (unpaired) electrons. The molecule has 3 aromatic rings. The van der Waals surface area contributed by atoms with Crippen molar-refractivity contribution in [2.24, 2.45) is 0 Å². The molecule has 0 bridgehead atoms. The van der Waals surface area contributed by atoms with Gasteiger partial charge in [-0.3, -0.25) is 9.52 Å². The first kappa shape index (κ1) is 24.6. The fourth-order valence-corrected chi connectivity index (χ4v) is 5.69. The third kappa shape index (κ3) is 6.07. The lowest BCUT2D eigenvalue weighted by Gasteiger charge is -2.11. The van der Waals surface area contributed by atoms with E-state index in [-0.39, 0.29) is 22.4 Å². The zero-order valence-corrected chi connectivity index (χ0v) is 20.9. The smallest absolute Gasteiger partial charge is 0.263 e. The molecule has 0 saturated carbocycles. The van der Waals surface area contributed by atoms with Crippen molar-refractivity contribution in [2.45, 2.75) is 44.0 Å². The number of hydrogen-bond acceptors (Lipinski definition) is 9. The van der Waals surface area contributed by atoms with E-state index in [4.69, 9.17) is 0 Å². The van der Waals surface area contributed by atoms with Crippen molar-refractivity contribution in [1.82, 2.24) is 15.2 Å². The second kappa shape index (κ2) is 10.3. The number of nitrogens with zero attached hydrogens (tertiary/aromatic N) is 4. The third-order valence-corrected chi connectivity index (χ3v) is 8.05. The minimum Gasteiger partial charge on any atom is -0.326 e. The van der Waals surface area contributed by atoms with Crippen LogP contribution < -0.4 is 10.0 Å². The van der Waals surface area contributed by atoms with Crippen LogP contribution in [-0.4, -0.2) is 35.3 Å². The van der Waals surface area contributed by atoms with Crippen molar-refractivity contribution in [1.29, 1.82) is 5.26 Å². The molecule has 0 aliphatic rings. The van der Waals surface area contributed by atoms with E-state index in [1.54, 1.807) is 6.92 Å². The van der Waals surface area contributed by atoms with Crippen LogP contribution in [0.25, 0.3) is 0 Å². The molecule has 0 aliphatic heterocycles. The van der Waals surface area contributed by atoms with Gasteiger partial charge in [-0.1, -0.05) is 11.3 Å². The summed E-state index contributed by atoms with van der Waals surface area (Å²) in [4.78, 5) is 16.8. The Hall–Kier alpha value is -3.01. The SMILES string of the molecule is Cc1nnc(NS(=O)(=O)c2ccc(NC(=O)CCSc3nc(C)c(C)c(C)c3C#N)cc2)s1. The molecule has 0 aliphatic carbocycles. The second-order valence-corrected chi connectivity index (χ2v) is 11.1. The number of benzene rings is 1. The summed E-state index contributed by atoms with van der Waals surface area (Å²) in [5, 5.41) is 21.2. The van der Waals surface area contributed by atoms with Gasteiger partial charge in [-0.05, 0) is 63.1 Å². The Labute approximate surface area is 200 Å². The molecule has 172 valence electrons. The highest BCUT2D eigenvalue weighted by atomic mass is 32.2. The fourth-order valence-electron chi connectivity index (χ4n) is 2.84. The predicted octanol–water partition coefficient (Wildman–Crippen LogP) is 3.96. The first-order chi connectivity index (χ1) is 15.6. The molecule has 1 amide bonds. The highest BCUT2D eigenvalue weighted by Gasteiger charge is 2.17. The summed E-state index contributed by atoms with van der Waals surface area (Å²) in [7, 11) is -3.80. The number of amides is 1. The molecule has 0 saturated heterocycles. The van der Waals surface area contributed by atoms with Gasteiger partial charge in [-0.25, -0.2) is 13.4 Å². The molecule has 2 N–H and O–H groups in total. The van der Waals surface area contributed by atoms with Crippen molar-refractivity contribution < 1.29 is 13.2 Å². The van der Waals surface area contributed by atoms with Crippen molar-refractivity contribution in [3.05, 3.63) is 51.7 Å². The van der Waals surface area contributed by atoms with E-state index in [9.17, 15) is 18.5 Å². The van der Waals surface area contributed by atoms with Crippen LogP contribution in [0.1, 0.15) is 33.8 Å². The standard InChI is InChI=1S/C21H22N6O3S3/c1-12-13(2)18(11-22)20(23-14(12)3)31-10-9-19(28)24-16-5-7-17(8-6-16)33(29,30)27-21-26-25-15(4)32-21/h5-8H,9-10H2,1-4H3,(H,24,28)(H,26,27). The summed E-state index contributed by atoms with van der Waals surface area (Å²) >= 11 is 2.50. The van der Waals surface area contributed by atoms with E-state index < -0.39 is 10.0 Å². The van der Waals surface area contributed by atoms with Crippen LogP contribution >= 0.6 is 23.1 Å². The molecule has 12 heteroatoms. The largest absolute Gasteiger partial charge is 0.326 e. The summed E-state index contributed by atoms with van der Waals surface area (Å²) in [6.07, 6.45) is 0.210. The average molecular weight is 503 g/mol. The first-order valence-corrected chi connectivity index (χ1v) is 13.1. The number of sulfonamides is 1. The summed E-state index contributed by atoms with van der Waals surface area (Å²) in [5.41, 5.74) is 3.78. The molecule has 0 unspecified atom stereocenters. The van der Waals surface area contributed by atoms with Gasteiger partial charge in [-0.15, -0.1) is 22.0 Å². The van der Waals surface area contributed by atoms with Gasteiger partial charge in [0.25, 0.3) is 10.0 Å². The summed E-state index contributed by atoms with van der Waals surface area (Å²) in [5.74, 6) is 0.229. The Bertz CT molecular complexity index is 1330. The molecule has 33 heavy (non-hydrogen) atoms. The molecule has 0 atom stereocenters. The van der Waals surface area contributed by atoms with Gasteiger partial charge in [0.2, 0.25) is 11.0 Å². The Balaban J connectivity index is 1.57. The Morgan fingerprint density at radius 3 is 2.42 bits per heavy atom. The molecule has 9 nitrogen and oxygen atoms in total. The van der Waals surface area contributed by atoms with Crippen molar-refractivity contribution >= 4 is 49.8 Å². The number of nitrogens with one attached hydrogen (secondary N) is 2. The molecule has 0 fully saturated rings. The number of hydrogen-bond donors (Lipinski definition) is 2. The van der Waals surface area contributed by atoms with Gasteiger partial charge < -0.3 is 5.32 Å². The number of nitriles is 1. The number of aromatic nitrogens is 3. The normalized spacial score (nSPS) is 11.1. The van der Waals surface area contributed by atoms with Crippen LogP contribution in [0.15, 0.2) is 34.2 Å². The van der Waals surface area contributed by atoms with Gasteiger partial charge in [0.1, 0.15) is 16.1 Å². The maximum absolute atomic E-state index is 12.5. The minimum atomic E-state index is -3.80. The predicted molar refractivity (Wildman–Crippen MR) is 129 cm³/mol. The van der Waals surface area contributed by atoms with Crippen molar-refractivity contribution in [3.63, 3.8) is 0 Å². The summed E-state index contributed by atoms with van der Waals surface area (Å²) in [6, 6.07) is 8.05. The maximum Gasteiger partial charge on any atom is 0.263 e. The zero-order valence-electron chi connectivity index (χ0n) is 18.5. The van der Waals surface area contributed by atoms with Crippen LogP contribution in [0.4, 0.5) is 10.8 Å². The van der Waals surface area contributed by atoms with Gasteiger partial charge in [0.05, 0.1) is 10.5 Å². The molecular weight excluding hydrogens is 480 g/mol. The van der Waals surface area contributed by atoms with Crippen molar-refractivity contribution in [2.75, 3.05) is 15.8 Å². The van der Waals surface area contributed by atoms with E-state index in [0.717, 1.165) is 28.2 Å². The molecular formula is C21H22N6O3S3. The molecule has 2 heterocycles. The lowest BCUT2D eigenvalue weighted by atomic mass is 10.1. The molecule has 3 rings (SSSR count). The van der Waals surface area contributed by atoms with Crippen molar-refractivity contribution in [3.8, 4) is 6.07 Å². The van der Waals surface area contributed by atoms with Crippen LogP contribution in [-0.2, 0) is 14.8 Å². The van der Waals surface area contributed by atoms with E-state index >= 15 is 0 Å². The van der Waals surface area contributed by atoms with E-state index in [0.29, 0.717) is 27.0 Å². The van der Waals surface area contributed by atoms with Crippen LogP contribution in [0, 0.1) is 39.0 Å². The topological polar surface area (TPSA) is 138 Å². The number of carbonyl (C=O) groups is 1. The maximum atomic E-state index is 12.5. The third-order valence-electron chi connectivity index (χ3n) is 4.84. The zero-order chi connectivity index (χ0) is 24.2. The number of aryl methyl sites for hydroxylation is 2. The molecule has 0 spiro atoms. The number of anilines is 2. The Morgan fingerprint density at radius 1 is 1.12 bits per heavy atom. The monoisotopic (exact) mass is 502 g/mol. The van der Waals surface area contributed by atoms with E-state index in [1.807, 2.05) is 20.8 Å². The quantitative estimate of drug-likeness (QED) is 0.442. The van der Waals surface area contributed by atoms with Gasteiger partial charge in [0.15, 0.2) is 0 Å². The van der Waals surface area contributed by atoms with E-state index in [2.05, 4.69) is 31.3 Å². The lowest BCUT2D eigenvalue weighted by Crippen LogP contribution is -2.14. The molecule has 2 aromatic heterocycles. The summed E-state index contributed by atoms with van der Waals surface area (Å²) < 4.78 is 27.3. The fraction of sp³-hybridized carbons (Fsp3) is 0.286. The highest BCUT2D eigenvalue weighted by molar-refractivity contribution is 7.99. The Kier molecular flexibility index (Phi) is 7.68. The van der Waals surface area contributed by atoms with E-state index in [1.165, 1.54) is 36.0 Å². The number of thioether (sulfide) groups is 1. The van der Waals surface area contributed by atoms with Crippen LogP contribution in [0.3, 0.4) is 0 Å². The minimum absolute atomic E-state index is 0.0455. The van der Waals surface area contributed by atoms with Crippen LogP contribution in [0.5, 0.6) is 0 Å². The van der Waals surface area contributed by atoms with Crippen LogP contribution in [0.2, 0.25) is 0 Å². The highest BCUT2D eigenvalue weighted by Crippen LogP contribution is 2.27. The first-order valence-electron chi connectivity index (χ1n) is 9.84. The van der Waals surface area contributed by atoms with Gasteiger partial charge in [0, 0.05) is 23.6 Å². The number of pyridine rings is 1. The lowest BCUT2D eigenvalue weighted by molar-refractivity contribution is -0.115. The summed E-state index contributed by atoms with van der Waals surface area (Å²) in [6.45, 7) is 7.46. The Morgan fingerprint density at radius 2 is 1.82 bits per heavy atom. The number of rotatable bonds is 8. The second-order valence-electron chi connectivity index (χ2n) is 7.14. The van der Waals surface area contributed by atoms with Gasteiger partial charge >= 0.3 is 0 Å². The average Bonchev–Trinajstić information content (AvgIpc) is 3.16. The van der Waals surface area contributed by atoms with Gasteiger partial charge in [-0.2, -0.15) is 5.26 Å².